The van der Waals surface area contributed by atoms with E-state index in [2.05, 4.69) is 0 Å². The summed E-state index contributed by atoms with van der Waals surface area (Å²) in [5.74, 6) is 0. The van der Waals surface area contributed by atoms with Gasteiger partial charge in [-0.15, -0.1) is 0 Å². The molecule has 0 saturated carbocycles. The van der Waals surface area contributed by atoms with E-state index in [1.165, 1.54) is 7.11 Å². The van der Waals surface area contributed by atoms with E-state index in [4.69, 9.17) is 28.4 Å². The van der Waals surface area contributed by atoms with Gasteiger partial charge < -0.3 is 54.0 Å². The minimum absolute atomic E-state index is 0.0649. The molecule has 1 aromatic rings. The summed E-state index contributed by atoms with van der Waals surface area (Å²) in [5, 5.41) is 51.4. The van der Waals surface area contributed by atoms with Gasteiger partial charge in [0.15, 0.2) is 18.9 Å². The first-order valence-corrected chi connectivity index (χ1v) is 10.1. The lowest BCUT2D eigenvalue weighted by Gasteiger charge is -2.48. The predicted octanol–water partition coefficient (Wildman–Crippen LogP) is -1.98. The Hall–Kier alpha value is -1.22. The first-order chi connectivity index (χ1) is 14.9. The maximum atomic E-state index is 10.7. The highest BCUT2D eigenvalue weighted by Gasteiger charge is 2.52. The predicted molar refractivity (Wildman–Crippen MR) is 100 cm³/mol. The van der Waals surface area contributed by atoms with Crippen LogP contribution in [0.1, 0.15) is 11.9 Å². The number of aliphatic hydroxyl groups excluding tert-OH is 5. The second-order valence-electron chi connectivity index (χ2n) is 7.74. The number of benzene rings is 1. The van der Waals surface area contributed by atoms with Crippen LogP contribution < -0.4 is 0 Å². The second-order valence-corrected chi connectivity index (χ2v) is 7.74. The van der Waals surface area contributed by atoms with Crippen molar-refractivity contribution in [3.8, 4) is 0 Å². The molecule has 174 valence electrons. The third-order valence-corrected chi connectivity index (χ3v) is 5.75. The molecule has 11 nitrogen and oxygen atoms in total. The minimum atomic E-state index is -1.53. The summed E-state index contributed by atoms with van der Waals surface area (Å²) in [6, 6.07) is 9.16. The van der Waals surface area contributed by atoms with Crippen LogP contribution in [-0.4, -0.2) is 107 Å². The van der Waals surface area contributed by atoms with E-state index >= 15 is 0 Å². The molecule has 1 aromatic carbocycles. The fourth-order valence-corrected chi connectivity index (χ4v) is 4.04. The number of aliphatic hydroxyl groups is 5. The van der Waals surface area contributed by atoms with Gasteiger partial charge in [0.05, 0.1) is 13.2 Å². The summed E-state index contributed by atoms with van der Waals surface area (Å²) in [6.07, 6.45) is -13.1. The number of rotatable bonds is 5. The SMILES string of the molecule is CO[C@@H]1OC(CO)[C@@H](O[C@@H]2OC3COC(c4ccccc4)O[C@@H]3C(O)C2O)C(O)C1O. The van der Waals surface area contributed by atoms with Crippen molar-refractivity contribution in [3.05, 3.63) is 35.9 Å². The fourth-order valence-electron chi connectivity index (χ4n) is 4.04. The smallest absolute Gasteiger partial charge is 0.187 e. The maximum absolute atomic E-state index is 10.7. The Kier molecular flexibility index (Phi) is 7.20. The third kappa shape index (κ3) is 4.49. The molecule has 0 spiro atoms. The average Bonchev–Trinajstić information content (AvgIpc) is 2.80. The Labute approximate surface area is 178 Å². The van der Waals surface area contributed by atoms with E-state index in [0.29, 0.717) is 0 Å². The highest BCUT2D eigenvalue weighted by molar-refractivity contribution is 5.16. The van der Waals surface area contributed by atoms with Crippen molar-refractivity contribution in [2.24, 2.45) is 0 Å². The molecule has 4 rings (SSSR count). The number of methoxy groups -OCH3 is 1. The van der Waals surface area contributed by atoms with Gasteiger partial charge in [-0.05, 0) is 0 Å². The van der Waals surface area contributed by atoms with Crippen molar-refractivity contribution >= 4 is 0 Å². The van der Waals surface area contributed by atoms with Crippen LogP contribution in [-0.2, 0) is 28.4 Å². The molecule has 0 aliphatic carbocycles. The van der Waals surface area contributed by atoms with Gasteiger partial charge in [-0.1, -0.05) is 30.3 Å². The first-order valence-electron chi connectivity index (χ1n) is 10.1. The molecule has 3 fully saturated rings. The van der Waals surface area contributed by atoms with Crippen LogP contribution in [0.4, 0.5) is 0 Å². The van der Waals surface area contributed by atoms with E-state index in [0.717, 1.165) is 5.56 Å². The Morgan fingerprint density at radius 1 is 0.903 bits per heavy atom. The molecule has 3 aliphatic heterocycles. The van der Waals surface area contributed by atoms with Crippen molar-refractivity contribution in [2.75, 3.05) is 20.3 Å². The van der Waals surface area contributed by atoms with Crippen molar-refractivity contribution in [1.29, 1.82) is 0 Å². The summed E-state index contributed by atoms with van der Waals surface area (Å²) in [7, 11) is 1.28. The monoisotopic (exact) mass is 444 g/mol. The molecule has 7 unspecified atom stereocenters. The molecule has 0 aromatic heterocycles. The summed E-state index contributed by atoms with van der Waals surface area (Å²) in [4.78, 5) is 0. The lowest BCUT2D eigenvalue weighted by atomic mass is 9.96. The Bertz CT molecular complexity index is 702. The van der Waals surface area contributed by atoms with Crippen molar-refractivity contribution < 1.29 is 54.0 Å². The van der Waals surface area contributed by atoms with E-state index in [-0.39, 0.29) is 6.61 Å². The number of ether oxygens (including phenoxy) is 6. The Morgan fingerprint density at radius 3 is 2.29 bits per heavy atom. The van der Waals surface area contributed by atoms with Crippen LogP contribution in [0.25, 0.3) is 0 Å². The molecule has 5 N–H and O–H groups in total. The average molecular weight is 444 g/mol. The van der Waals surface area contributed by atoms with Crippen LogP contribution in [0.5, 0.6) is 0 Å². The fraction of sp³-hybridized carbons (Fsp3) is 0.700. The number of hydrogen-bond acceptors (Lipinski definition) is 11. The second kappa shape index (κ2) is 9.73. The number of hydrogen-bond donors (Lipinski definition) is 5. The maximum Gasteiger partial charge on any atom is 0.187 e. The number of fused-ring (bicyclic) bond motifs is 1. The molecule has 3 saturated heterocycles. The summed E-state index contributed by atoms with van der Waals surface area (Å²) in [5.41, 5.74) is 0.760. The standard InChI is InChI=1S/C20H28O11/c1-26-19-14(24)12(22)16(10(7-21)28-19)31-20-15(25)13(23)17-11(29-20)8-27-18(30-17)9-5-3-2-4-6-9/h2-6,10-25H,7-8H2,1H3/t10?,11?,12?,13?,14?,15?,16-,17+,18?,19-,20+/m1/s1. The molecule has 3 aliphatic rings. The normalized spacial score (nSPS) is 45.8. The van der Waals surface area contributed by atoms with Gasteiger partial charge >= 0.3 is 0 Å². The molecule has 11 atom stereocenters. The van der Waals surface area contributed by atoms with Crippen molar-refractivity contribution in [2.45, 2.75) is 67.7 Å². The van der Waals surface area contributed by atoms with E-state index in [9.17, 15) is 25.5 Å². The molecular formula is C20H28O11. The molecule has 31 heavy (non-hydrogen) atoms. The quantitative estimate of drug-likeness (QED) is 0.343. The summed E-state index contributed by atoms with van der Waals surface area (Å²) >= 11 is 0. The Morgan fingerprint density at radius 2 is 1.61 bits per heavy atom. The largest absolute Gasteiger partial charge is 0.394 e. The zero-order chi connectivity index (χ0) is 22.1. The highest BCUT2D eigenvalue weighted by atomic mass is 16.8. The lowest BCUT2D eigenvalue weighted by Crippen LogP contribution is -2.65. The third-order valence-electron chi connectivity index (χ3n) is 5.75. The van der Waals surface area contributed by atoms with Crippen LogP contribution in [0.2, 0.25) is 0 Å². The van der Waals surface area contributed by atoms with Crippen molar-refractivity contribution in [1.82, 2.24) is 0 Å². The zero-order valence-electron chi connectivity index (χ0n) is 16.8. The molecule has 0 amide bonds. The van der Waals surface area contributed by atoms with Gasteiger partial charge in [0.2, 0.25) is 0 Å². The van der Waals surface area contributed by atoms with Gasteiger partial charge in [-0.25, -0.2) is 0 Å². The highest BCUT2D eigenvalue weighted by Crippen LogP contribution is 2.35. The van der Waals surface area contributed by atoms with Crippen LogP contribution >= 0.6 is 0 Å². The molecule has 3 heterocycles. The van der Waals surface area contributed by atoms with Crippen molar-refractivity contribution in [3.63, 3.8) is 0 Å². The molecule has 0 radical (unpaired) electrons. The topological polar surface area (TPSA) is 157 Å². The van der Waals surface area contributed by atoms with E-state index < -0.39 is 74.3 Å². The van der Waals surface area contributed by atoms with Gasteiger partial charge in [0, 0.05) is 12.7 Å². The van der Waals surface area contributed by atoms with Gasteiger partial charge in [-0.3, -0.25) is 0 Å². The van der Waals surface area contributed by atoms with Crippen LogP contribution in [0.15, 0.2) is 30.3 Å². The van der Waals surface area contributed by atoms with E-state index in [1.807, 2.05) is 30.3 Å². The minimum Gasteiger partial charge on any atom is -0.394 e. The van der Waals surface area contributed by atoms with E-state index in [1.54, 1.807) is 0 Å². The Balaban J connectivity index is 1.44. The van der Waals surface area contributed by atoms with Gasteiger partial charge in [0.25, 0.3) is 0 Å². The van der Waals surface area contributed by atoms with Gasteiger partial charge in [0.1, 0.15) is 48.8 Å². The van der Waals surface area contributed by atoms with Crippen LogP contribution in [0, 0.1) is 0 Å². The molecular weight excluding hydrogens is 416 g/mol. The molecule has 0 bridgehead atoms. The molecule has 11 heteroatoms. The summed E-state index contributed by atoms with van der Waals surface area (Å²) in [6.45, 7) is -0.480. The first kappa shape index (κ1) is 23.0. The van der Waals surface area contributed by atoms with Gasteiger partial charge in [-0.2, -0.15) is 0 Å². The van der Waals surface area contributed by atoms with Crippen LogP contribution in [0.3, 0.4) is 0 Å². The lowest BCUT2D eigenvalue weighted by molar-refractivity contribution is -0.385. The summed E-state index contributed by atoms with van der Waals surface area (Å²) < 4.78 is 33.3. The zero-order valence-corrected chi connectivity index (χ0v) is 16.8.